The molecule has 2 fully saturated rings. The summed E-state index contributed by atoms with van der Waals surface area (Å²) in [5, 5.41) is 12.1. The zero-order valence-corrected chi connectivity index (χ0v) is 24.4. The number of carboxylic acid groups (broad SMARTS) is 1. The summed E-state index contributed by atoms with van der Waals surface area (Å²) in [6.45, 7) is 4.47. The molecule has 2 aliphatic rings. The number of hydrogen-bond donors (Lipinski definition) is 1. The van der Waals surface area contributed by atoms with Crippen LogP contribution in [0.5, 0.6) is 0 Å². The smallest absolute Gasteiger partial charge is 0.304 e. The number of amides is 2. The first-order valence-corrected chi connectivity index (χ1v) is 15.1. The number of furan rings is 1. The quantitative estimate of drug-likeness (QED) is 0.242. The average molecular weight is 585 g/mol. The second kappa shape index (κ2) is 11.5. The third-order valence-electron chi connectivity index (χ3n) is 7.85. The molecule has 1 saturated carbocycles. The second-order valence-electron chi connectivity index (χ2n) is 11.0. The normalized spacial score (nSPS) is 15.7. The molecule has 0 spiro atoms. The van der Waals surface area contributed by atoms with Gasteiger partial charge in [-0.15, -0.1) is 11.3 Å². The molecule has 216 valence electrons. The van der Waals surface area contributed by atoms with E-state index in [0.717, 1.165) is 47.3 Å². The van der Waals surface area contributed by atoms with E-state index in [9.17, 15) is 19.5 Å². The molecule has 3 aromatic heterocycles. The largest absolute Gasteiger partial charge is 0.481 e. The van der Waals surface area contributed by atoms with Gasteiger partial charge in [0.25, 0.3) is 0 Å². The number of rotatable bonds is 10. The van der Waals surface area contributed by atoms with Crippen molar-refractivity contribution in [3.63, 3.8) is 0 Å². The van der Waals surface area contributed by atoms with E-state index in [4.69, 9.17) is 9.40 Å². The summed E-state index contributed by atoms with van der Waals surface area (Å²) in [4.78, 5) is 50.8. The number of carbonyl (C=O) groups is 3. The summed E-state index contributed by atoms with van der Waals surface area (Å²) < 4.78 is 6.05. The Hall–Kier alpha value is -4.31. The van der Waals surface area contributed by atoms with Crippen LogP contribution in [0, 0.1) is 19.8 Å². The summed E-state index contributed by atoms with van der Waals surface area (Å²) in [7, 11) is 0. The second-order valence-corrected chi connectivity index (χ2v) is 11.8. The van der Waals surface area contributed by atoms with Crippen LogP contribution in [0.3, 0.4) is 0 Å². The molecule has 1 atom stereocenters. The van der Waals surface area contributed by atoms with Gasteiger partial charge in [0.05, 0.1) is 23.6 Å². The number of aromatic nitrogens is 2. The van der Waals surface area contributed by atoms with Gasteiger partial charge >= 0.3 is 5.97 Å². The highest BCUT2D eigenvalue weighted by molar-refractivity contribution is 7.14. The number of pyridine rings is 1. The number of thiazole rings is 1. The maximum atomic E-state index is 13.9. The first kappa shape index (κ1) is 27.8. The molecular formula is C32H32N4O5S. The predicted octanol–water partition coefficient (Wildman–Crippen LogP) is 6.04. The van der Waals surface area contributed by atoms with Crippen molar-refractivity contribution >= 4 is 40.1 Å². The molecule has 1 aliphatic carbocycles. The highest BCUT2D eigenvalue weighted by Crippen LogP contribution is 2.43. The molecule has 1 saturated heterocycles. The predicted molar refractivity (Wildman–Crippen MR) is 161 cm³/mol. The zero-order chi connectivity index (χ0) is 29.4. The summed E-state index contributed by atoms with van der Waals surface area (Å²) in [6, 6.07) is 13.3. The Balaban J connectivity index is 1.31. The van der Waals surface area contributed by atoms with Gasteiger partial charge in [-0.25, -0.2) is 9.97 Å². The minimum absolute atomic E-state index is 0.0141. The van der Waals surface area contributed by atoms with Crippen LogP contribution in [0.1, 0.15) is 49.2 Å². The lowest BCUT2D eigenvalue weighted by Crippen LogP contribution is -2.39. The van der Waals surface area contributed by atoms with E-state index in [1.54, 1.807) is 16.0 Å². The molecule has 2 amide bonds. The fourth-order valence-electron chi connectivity index (χ4n) is 5.73. The Morgan fingerprint density at radius 3 is 2.52 bits per heavy atom. The molecule has 4 heterocycles. The third kappa shape index (κ3) is 5.59. The molecule has 10 heteroatoms. The minimum atomic E-state index is -0.997. The van der Waals surface area contributed by atoms with Crippen molar-refractivity contribution in [2.75, 3.05) is 16.3 Å². The third-order valence-corrected chi connectivity index (χ3v) is 8.69. The molecule has 1 N–H and O–H groups in total. The van der Waals surface area contributed by atoms with E-state index >= 15 is 0 Å². The summed E-state index contributed by atoms with van der Waals surface area (Å²) in [5.74, 6) is 0.257. The monoisotopic (exact) mass is 584 g/mol. The molecule has 0 bridgehead atoms. The van der Waals surface area contributed by atoms with Crippen molar-refractivity contribution in [2.24, 2.45) is 5.92 Å². The molecule has 1 aromatic carbocycles. The molecule has 6 rings (SSSR count). The number of aryl methyl sites for hydroxylation is 2. The maximum absolute atomic E-state index is 13.9. The van der Waals surface area contributed by atoms with E-state index in [1.807, 2.05) is 61.7 Å². The fourth-order valence-corrected chi connectivity index (χ4v) is 6.62. The molecule has 1 aliphatic heterocycles. The van der Waals surface area contributed by atoms with Gasteiger partial charge in [0, 0.05) is 41.7 Å². The molecular weight excluding hydrogens is 552 g/mol. The van der Waals surface area contributed by atoms with Crippen molar-refractivity contribution in [3.8, 4) is 22.4 Å². The lowest BCUT2D eigenvalue weighted by atomic mass is 9.94. The van der Waals surface area contributed by atoms with Crippen LogP contribution in [0.25, 0.3) is 22.4 Å². The maximum Gasteiger partial charge on any atom is 0.304 e. The molecule has 4 aromatic rings. The highest BCUT2D eigenvalue weighted by Gasteiger charge is 2.39. The lowest BCUT2D eigenvalue weighted by Gasteiger charge is -2.25. The van der Waals surface area contributed by atoms with E-state index in [-0.39, 0.29) is 24.3 Å². The van der Waals surface area contributed by atoms with Gasteiger partial charge in [0.2, 0.25) is 11.8 Å². The molecule has 9 nitrogen and oxygen atoms in total. The lowest BCUT2D eigenvalue weighted by molar-refractivity contribution is -0.140. The van der Waals surface area contributed by atoms with Gasteiger partial charge in [-0.1, -0.05) is 30.3 Å². The Bertz CT molecular complexity index is 1620. The van der Waals surface area contributed by atoms with Crippen LogP contribution in [0.4, 0.5) is 10.9 Å². The molecule has 0 unspecified atom stereocenters. The van der Waals surface area contributed by atoms with Gasteiger partial charge in [-0.3, -0.25) is 24.2 Å². The standard InChI is InChI=1S/C32H32N4O5S/c1-19-29(22-10-13-26(33-17-22)35-14-6-9-27(35)37)30(20(2)41-19)25-18-42-32(34-25)36(24-11-12-24)31(40)23(16-28(38)39)15-21-7-4-3-5-8-21/h3-5,7-8,10,13,17-18,23-24H,6,9,11-12,14-16H2,1-2H3,(H,38,39)/t23-/m1/s1. The van der Waals surface area contributed by atoms with Crippen molar-refractivity contribution in [3.05, 3.63) is 71.1 Å². The van der Waals surface area contributed by atoms with Crippen LogP contribution in [-0.2, 0) is 20.8 Å². The van der Waals surface area contributed by atoms with E-state index in [2.05, 4.69) is 4.98 Å². The molecule has 0 radical (unpaired) electrons. The number of carboxylic acids is 1. The van der Waals surface area contributed by atoms with Crippen LogP contribution in [-0.4, -0.2) is 45.4 Å². The van der Waals surface area contributed by atoms with Gasteiger partial charge in [0.15, 0.2) is 5.13 Å². The van der Waals surface area contributed by atoms with Crippen molar-refractivity contribution in [2.45, 2.75) is 58.4 Å². The summed E-state index contributed by atoms with van der Waals surface area (Å²) >= 11 is 1.38. The number of hydrogen-bond acceptors (Lipinski definition) is 7. The minimum Gasteiger partial charge on any atom is -0.481 e. The molecule has 42 heavy (non-hydrogen) atoms. The average Bonchev–Trinajstić information content (AvgIpc) is 3.38. The zero-order valence-electron chi connectivity index (χ0n) is 23.6. The Kier molecular flexibility index (Phi) is 7.64. The topological polar surface area (TPSA) is 117 Å². The van der Waals surface area contributed by atoms with Gasteiger partial charge in [-0.2, -0.15) is 0 Å². The number of anilines is 2. The number of aliphatic carboxylic acids is 1. The van der Waals surface area contributed by atoms with Crippen LogP contribution >= 0.6 is 11.3 Å². The Labute approximate surface area is 247 Å². The van der Waals surface area contributed by atoms with Crippen LogP contribution in [0.2, 0.25) is 0 Å². The van der Waals surface area contributed by atoms with Gasteiger partial charge < -0.3 is 9.52 Å². The van der Waals surface area contributed by atoms with Crippen molar-refractivity contribution < 1.29 is 23.9 Å². The Morgan fingerprint density at radius 2 is 1.88 bits per heavy atom. The fraction of sp³-hybridized carbons (Fsp3) is 0.344. The van der Waals surface area contributed by atoms with Gasteiger partial charge in [0.1, 0.15) is 17.3 Å². The van der Waals surface area contributed by atoms with Crippen LogP contribution < -0.4 is 9.80 Å². The van der Waals surface area contributed by atoms with Crippen molar-refractivity contribution in [1.29, 1.82) is 0 Å². The number of carbonyl (C=O) groups excluding carboxylic acids is 2. The Morgan fingerprint density at radius 1 is 1.12 bits per heavy atom. The SMILES string of the molecule is Cc1oc(C)c(-c2csc(N(C(=O)[C@@H](CC(=O)O)Cc3ccccc3)C3CC3)n2)c1-c1ccc(N2CCCC2=O)nc1. The van der Waals surface area contributed by atoms with E-state index in [1.165, 1.54) is 11.3 Å². The van der Waals surface area contributed by atoms with E-state index < -0.39 is 11.9 Å². The van der Waals surface area contributed by atoms with Crippen molar-refractivity contribution in [1.82, 2.24) is 9.97 Å². The first-order valence-electron chi connectivity index (χ1n) is 14.2. The number of nitrogens with zero attached hydrogens (tertiary/aromatic N) is 4. The number of benzene rings is 1. The van der Waals surface area contributed by atoms with Crippen LogP contribution in [0.15, 0.2) is 58.5 Å². The van der Waals surface area contributed by atoms with Gasteiger partial charge in [-0.05, 0) is 57.2 Å². The summed E-state index contributed by atoms with van der Waals surface area (Å²) in [5.41, 5.74) is 4.17. The highest BCUT2D eigenvalue weighted by atomic mass is 32.1. The first-order chi connectivity index (χ1) is 20.3. The van der Waals surface area contributed by atoms with E-state index in [0.29, 0.717) is 41.8 Å². The summed E-state index contributed by atoms with van der Waals surface area (Å²) in [6.07, 6.45) is 4.96.